The Labute approximate surface area is 189 Å². The summed E-state index contributed by atoms with van der Waals surface area (Å²) >= 11 is 0. The van der Waals surface area contributed by atoms with Gasteiger partial charge in [-0.15, -0.1) is 0 Å². The number of rotatable bonds is 5. The summed E-state index contributed by atoms with van der Waals surface area (Å²) in [6.07, 6.45) is 7.39. The topological polar surface area (TPSA) is 130 Å². The molecule has 170 valence electrons. The molecule has 0 aliphatic heterocycles. The van der Waals surface area contributed by atoms with E-state index in [1.807, 2.05) is 24.4 Å². The summed E-state index contributed by atoms with van der Waals surface area (Å²) in [5.74, 6) is 0.398. The van der Waals surface area contributed by atoms with Crippen molar-refractivity contribution in [1.29, 1.82) is 0 Å². The van der Waals surface area contributed by atoms with Crippen molar-refractivity contribution in [2.45, 2.75) is 50.0 Å². The largest absolute Gasteiger partial charge is 0.393 e. The third-order valence-electron chi connectivity index (χ3n) is 6.87. The van der Waals surface area contributed by atoms with Gasteiger partial charge in [0, 0.05) is 42.5 Å². The number of nitrogens with zero attached hydrogens (tertiary/aromatic N) is 5. The molecule has 0 aromatic carbocycles. The molecule has 2 fully saturated rings. The molecule has 4 heterocycles. The Morgan fingerprint density at radius 3 is 2.76 bits per heavy atom. The molecule has 0 unspecified atom stereocenters. The number of fused-ring (bicyclic) bond motifs is 2. The van der Waals surface area contributed by atoms with Crippen molar-refractivity contribution in [2.24, 2.45) is 0 Å². The molecule has 2 atom stereocenters. The average Bonchev–Trinajstić information content (AvgIpc) is 3.40. The Hall–Kier alpha value is -3.50. The monoisotopic (exact) mass is 447 g/mol. The minimum Gasteiger partial charge on any atom is -0.393 e. The van der Waals surface area contributed by atoms with Gasteiger partial charge in [0.2, 0.25) is 0 Å². The van der Waals surface area contributed by atoms with Crippen LogP contribution < -0.4 is 10.6 Å². The molecule has 0 saturated heterocycles. The van der Waals surface area contributed by atoms with Gasteiger partial charge >= 0.3 is 0 Å². The zero-order valence-corrected chi connectivity index (χ0v) is 18.1. The molecular weight excluding hydrogens is 422 g/mol. The molecule has 2 aliphatic carbocycles. The standard InChI is InChI=1S/C23H25N7O3/c1-24-20-9-18(16-11-29(12-7-13(31)8-12)21-14(16)3-2-6-25-21)27-22-15(10-26-30(20)22)23(33)28-17-4-5-19(17)32/h2-3,6,9-13,17,19,24,31-32H,4-5,7-8H2,1H3,(H,28,33)/t12?,13?,17-,19+/m1/s1. The number of pyridine rings is 1. The first kappa shape index (κ1) is 20.1. The maximum atomic E-state index is 12.9. The van der Waals surface area contributed by atoms with Gasteiger partial charge in [-0.3, -0.25) is 4.79 Å². The predicted octanol–water partition coefficient (Wildman–Crippen LogP) is 1.74. The van der Waals surface area contributed by atoms with E-state index in [2.05, 4.69) is 25.3 Å². The van der Waals surface area contributed by atoms with E-state index >= 15 is 0 Å². The van der Waals surface area contributed by atoms with E-state index in [1.165, 1.54) is 6.20 Å². The lowest BCUT2D eigenvalue weighted by molar-refractivity contribution is 0.0448. The molecule has 33 heavy (non-hydrogen) atoms. The van der Waals surface area contributed by atoms with Gasteiger partial charge in [0.1, 0.15) is 17.0 Å². The van der Waals surface area contributed by atoms with Gasteiger partial charge in [-0.1, -0.05) is 0 Å². The highest BCUT2D eigenvalue weighted by Gasteiger charge is 2.32. The van der Waals surface area contributed by atoms with E-state index in [0.717, 1.165) is 23.0 Å². The van der Waals surface area contributed by atoms with Crippen LogP contribution in [0.15, 0.2) is 36.8 Å². The summed E-state index contributed by atoms with van der Waals surface area (Å²) < 4.78 is 3.72. The molecular formula is C23H25N7O3. The molecule has 6 rings (SSSR count). The first-order valence-corrected chi connectivity index (χ1v) is 11.2. The number of carbonyl (C=O) groups excluding carboxylic acids is 1. The van der Waals surface area contributed by atoms with Crippen LogP contribution in [0.5, 0.6) is 0 Å². The quantitative estimate of drug-likeness (QED) is 0.367. The number of aliphatic hydroxyl groups is 2. The normalized spacial score (nSPS) is 24.5. The Bertz CT molecular complexity index is 1370. The van der Waals surface area contributed by atoms with Gasteiger partial charge in [-0.25, -0.2) is 9.97 Å². The second-order valence-corrected chi connectivity index (χ2v) is 8.90. The highest BCUT2D eigenvalue weighted by molar-refractivity contribution is 6.01. The highest BCUT2D eigenvalue weighted by Crippen LogP contribution is 2.38. The number of amides is 1. The number of hydrogen-bond donors (Lipinski definition) is 4. The number of carbonyl (C=O) groups is 1. The van der Waals surface area contributed by atoms with E-state index in [4.69, 9.17) is 4.98 Å². The Morgan fingerprint density at radius 1 is 1.21 bits per heavy atom. The van der Waals surface area contributed by atoms with E-state index in [1.54, 1.807) is 17.8 Å². The third-order valence-corrected chi connectivity index (χ3v) is 6.87. The maximum Gasteiger partial charge on any atom is 0.257 e. The maximum absolute atomic E-state index is 12.9. The third kappa shape index (κ3) is 3.17. The van der Waals surface area contributed by atoms with Crippen LogP contribution in [0.25, 0.3) is 27.9 Å². The van der Waals surface area contributed by atoms with Crippen LogP contribution in [-0.2, 0) is 0 Å². The van der Waals surface area contributed by atoms with Crippen LogP contribution in [-0.4, -0.2) is 65.6 Å². The molecule has 0 radical (unpaired) electrons. The summed E-state index contributed by atoms with van der Waals surface area (Å²) in [6.45, 7) is 0. The van der Waals surface area contributed by atoms with Crippen LogP contribution in [0.4, 0.5) is 5.82 Å². The molecule has 0 bridgehead atoms. The summed E-state index contributed by atoms with van der Waals surface area (Å²) in [5, 5.41) is 31.0. The molecule has 2 aliphatic rings. The summed E-state index contributed by atoms with van der Waals surface area (Å²) in [4.78, 5) is 22.3. The second kappa shape index (κ2) is 7.53. The highest BCUT2D eigenvalue weighted by atomic mass is 16.3. The number of hydrogen-bond acceptors (Lipinski definition) is 7. The first-order valence-electron chi connectivity index (χ1n) is 11.2. The summed E-state index contributed by atoms with van der Waals surface area (Å²) in [7, 11) is 1.80. The molecule has 1 amide bonds. The number of aliphatic hydroxyl groups excluding tert-OH is 2. The van der Waals surface area contributed by atoms with Crippen molar-refractivity contribution in [2.75, 3.05) is 12.4 Å². The molecule has 10 nitrogen and oxygen atoms in total. The van der Waals surface area contributed by atoms with Crippen LogP contribution in [0.2, 0.25) is 0 Å². The van der Waals surface area contributed by atoms with Crippen molar-refractivity contribution in [1.82, 2.24) is 29.5 Å². The average molecular weight is 447 g/mol. The van der Waals surface area contributed by atoms with Crippen molar-refractivity contribution in [3.63, 3.8) is 0 Å². The lowest BCUT2D eigenvalue weighted by Crippen LogP contribution is -2.50. The van der Waals surface area contributed by atoms with Gasteiger partial charge in [0.05, 0.1) is 30.1 Å². The van der Waals surface area contributed by atoms with Crippen LogP contribution >= 0.6 is 0 Å². The van der Waals surface area contributed by atoms with Gasteiger partial charge in [0.15, 0.2) is 5.65 Å². The summed E-state index contributed by atoms with van der Waals surface area (Å²) in [5.41, 5.74) is 3.24. The molecule has 2 saturated carbocycles. The van der Waals surface area contributed by atoms with Crippen molar-refractivity contribution < 1.29 is 15.0 Å². The van der Waals surface area contributed by atoms with E-state index < -0.39 is 6.10 Å². The van der Waals surface area contributed by atoms with E-state index in [9.17, 15) is 15.0 Å². The predicted molar refractivity (Wildman–Crippen MR) is 122 cm³/mol. The number of anilines is 1. The number of aromatic nitrogens is 5. The van der Waals surface area contributed by atoms with Gasteiger partial charge < -0.3 is 25.4 Å². The minimum atomic E-state index is -0.504. The lowest BCUT2D eigenvalue weighted by Gasteiger charge is -2.32. The Balaban J connectivity index is 1.46. The van der Waals surface area contributed by atoms with Gasteiger partial charge in [-0.2, -0.15) is 9.61 Å². The van der Waals surface area contributed by atoms with Crippen LogP contribution in [0.3, 0.4) is 0 Å². The fraction of sp³-hybridized carbons (Fsp3) is 0.391. The van der Waals surface area contributed by atoms with Crippen LogP contribution in [0, 0.1) is 0 Å². The SMILES string of the molecule is CNc1cc(-c2cn(C3CC(O)C3)c3ncccc23)nc2c(C(=O)N[C@@H]3CC[C@@H]3O)cnn12. The van der Waals surface area contributed by atoms with Crippen molar-refractivity contribution >= 4 is 28.4 Å². The fourth-order valence-electron chi connectivity index (χ4n) is 4.69. The molecule has 10 heteroatoms. The van der Waals surface area contributed by atoms with E-state index in [0.29, 0.717) is 42.0 Å². The van der Waals surface area contributed by atoms with Crippen LogP contribution in [0.1, 0.15) is 42.1 Å². The molecule has 4 N–H and O–H groups in total. The molecule has 0 spiro atoms. The first-order chi connectivity index (χ1) is 16.0. The fourth-order valence-corrected chi connectivity index (χ4v) is 4.69. The summed E-state index contributed by atoms with van der Waals surface area (Å²) in [6, 6.07) is 5.77. The lowest BCUT2D eigenvalue weighted by atomic mass is 9.89. The van der Waals surface area contributed by atoms with Gasteiger partial charge in [-0.05, 0) is 37.8 Å². The Kier molecular flexibility index (Phi) is 4.59. The zero-order valence-electron chi connectivity index (χ0n) is 18.1. The minimum absolute atomic E-state index is 0.198. The van der Waals surface area contributed by atoms with E-state index in [-0.39, 0.29) is 24.1 Å². The van der Waals surface area contributed by atoms with Crippen molar-refractivity contribution in [3.05, 3.63) is 42.4 Å². The molecule has 4 aromatic heterocycles. The molecule has 4 aromatic rings. The smallest absolute Gasteiger partial charge is 0.257 e. The van der Waals surface area contributed by atoms with Gasteiger partial charge in [0.25, 0.3) is 5.91 Å². The zero-order chi connectivity index (χ0) is 22.7. The second-order valence-electron chi connectivity index (χ2n) is 8.90. The Morgan fingerprint density at radius 2 is 2.06 bits per heavy atom. The van der Waals surface area contributed by atoms with Crippen molar-refractivity contribution in [3.8, 4) is 11.3 Å². The number of nitrogens with one attached hydrogen (secondary N) is 2.